The van der Waals surface area contributed by atoms with Crippen molar-refractivity contribution in [2.24, 2.45) is 0 Å². The predicted molar refractivity (Wildman–Crippen MR) is 81.9 cm³/mol. The molecular weight excluding hydrogens is 375 g/mol. The monoisotopic (exact) mass is 384 g/mol. The highest BCUT2D eigenvalue weighted by Crippen LogP contribution is 2.25. The van der Waals surface area contributed by atoms with Crippen LogP contribution in [-0.4, -0.2) is 15.9 Å². The van der Waals surface area contributed by atoms with E-state index in [1.54, 1.807) is 18.2 Å². The van der Waals surface area contributed by atoms with E-state index in [-0.39, 0.29) is 17.0 Å². The molecule has 2 rings (SSSR count). The van der Waals surface area contributed by atoms with Gasteiger partial charge >= 0.3 is 0 Å². The molecule has 0 fully saturated rings. The fourth-order valence-corrected chi connectivity index (χ4v) is 2.14. The minimum atomic E-state index is -0.662. The Bertz CT molecular complexity index is 688. The third-order valence-electron chi connectivity index (χ3n) is 2.54. The number of carbonyl (C=O) groups excluding carboxylic acids is 1. The van der Waals surface area contributed by atoms with Crippen molar-refractivity contribution in [1.29, 1.82) is 0 Å². The first kappa shape index (κ1) is 14.3. The van der Waals surface area contributed by atoms with Gasteiger partial charge in [0.1, 0.15) is 11.3 Å². The number of phenolic OH excluding ortho intramolecular Hbond substituents is 1. The lowest BCUT2D eigenvalue weighted by molar-refractivity contribution is -0.385. The Labute approximate surface area is 127 Å². The highest BCUT2D eigenvalue weighted by atomic mass is 127. The third-order valence-corrected chi connectivity index (χ3v) is 3.48. The Morgan fingerprint density at radius 1 is 1.25 bits per heavy atom. The minimum absolute atomic E-state index is 0.186. The fraction of sp³-hybridized carbons (Fsp3) is 0. The number of hydrogen-bond donors (Lipinski definition) is 2. The average Bonchev–Trinajstić information content (AvgIpc) is 2.40. The van der Waals surface area contributed by atoms with Crippen LogP contribution in [0.5, 0.6) is 5.75 Å². The first-order valence-corrected chi connectivity index (χ1v) is 6.60. The molecule has 6 nitrogen and oxygen atoms in total. The number of benzene rings is 2. The lowest BCUT2D eigenvalue weighted by Gasteiger charge is -2.07. The second-order valence-electron chi connectivity index (χ2n) is 3.89. The maximum atomic E-state index is 12.1. The van der Waals surface area contributed by atoms with Crippen LogP contribution in [0.15, 0.2) is 42.5 Å². The van der Waals surface area contributed by atoms with Gasteiger partial charge in [-0.3, -0.25) is 14.9 Å². The van der Waals surface area contributed by atoms with Crippen molar-refractivity contribution in [2.45, 2.75) is 0 Å². The van der Waals surface area contributed by atoms with Crippen molar-refractivity contribution in [3.05, 3.63) is 61.7 Å². The summed E-state index contributed by atoms with van der Waals surface area (Å²) >= 11 is 2.04. The van der Waals surface area contributed by atoms with Gasteiger partial charge in [0.05, 0.1) is 10.6 Å². The summed E-state index contributed by atoms with van der Waals surface area (Å²) in [7, 11) is 0. The molecule has 1 amide bonds. The zero-order chi connectivity index (χ0) is 14.7. The highest BCUT2D eigenvalue weighted by molar-refractivity contribution is 14.1. The summed E-state index contributed by atoms with van der Waals surface area (Å²) in [6.07, 6.45) is 0. The molecule has 0 aliphatic heterocycles. The van der Waals surface area contributed by atoms with Gasteiger partial charge in [0.15, 0.2) is 0 Å². The van der Waals surface area contributed by atoms with Crippen LogP contribution in [-0.2, 0) is 0 Å². The van der Waals surface area contributed by atoms with Gasteiger partial charge in [-0.1, -0.05) is 12.1 Å². The molecular formula is C13H9IN2O4. The van der Waals surface area contributed by atoms with Crippen LogP contribution in [0.2, 0.25) is 0 Å². The van der Waals surface area contributed by atoms with Crippen molar-refractivity contribution in [3.8, 4) is 5.75 Å². The van der Waals surface area contributed by atoms with Gasteiger partial charge in [-0.2, -0.15) is 0 Å². The Morgan fingerprint density at radius 2 is 1.95 bits per heavy atom. The lowest BCUT2D eigenvalue weighted by Crippen LogP contribution is -2.14. The summed E-state index contributed by atoms with van der Waals surface area (Å²) < 4.78 is 0.807. The van der Waals surface area contributed by atoms with Crippen molar-refractivity contribution in [3.63, 3.8) is 0 Å². The zero-order valence-electron chi connectivity index (χ0n) is 10.0. The molecule has 102 valence electrons. The Kier molecular flexibility index (Phi) is 4.18. The van der Waals surface area contributed by atoms with E-state index in [4.69, 9.17) is 0 Å². The highest BCUT2D eigenvalue weighted by Gasteiger charge is 2.21. The van der Waals surface area contributed by atoms with Crippen LogP contribution in [0.1, 0.15) is 10.4 Å². The number of nitro groups is 1. The van der Waals surface area contributed by atoms with E-state index >= 15 is 0 Å². The molecule has 2 N–H and O–H groups in total. The van der Waals surface area contributed by atoms with E-state index in [1.807, 2.05) is 28.7 Å². The van der Waals surface area contributed by atoms with E-state index in [0.717, 1.165) is 15.7 Å². The molecule has 0 heterocycles. The number of amides is 1. The Hall–Kier alpha value is -2.16. The van der Waals surface area contributed by atoms with Crippen molar-refractivity contribution in [1.82, 2.24) is 0 Å². The normalized spacial score (nSPS) is 10.1. The first-order valence-electron chi connectivity index (χ1n) is 5.52. The summed E-state index contributed by atoms with van der Waals surface area (Å²) in [6.45, 7) is 0. The molecule has 0 saturated heterocycles. The molecule has 0 radical (unpaired) electrons. The van der Waals surface area contributed by atoms with Gasteiger partial charge < -0.3 is 10.4 Å². The Morgan fingerprint density at radius 3 is 2.60 bits per heavy atom. The summed E-state index contributed by atoms with van der Waals surface area (Å²) in [4.78, 5) is 22.4. The topological polar surface area (TPSA) is 92.5 Å². The number of halogens is 1. The van der Waals surface area contributed by atoms with E-state index in [2.05, 4.69) is 5.32 Å². The zero-order valence-corrected chi connectivity index (χ0v) is 12.2. The van der Waals surface area contributed by atoms with Gasteiger partial charge in [-0.05, 0) is 46.9 Å². The number of para-hydroxylation sites is 1. The maximum absolute atomic E-state index is 12.1. The number of anilines is 1. The van der Waals surface area contributed by atoms with Crippen molar-refractivity contribution >= 4 is 39.9 Å². The van der Waals surface area contributed by atoms with Gasteiger partial charge in [0.2, 0.25) is 0 Å². The summed E-state index contributed by atoms with van der Waals surface area (Å²) in [6, 6.07) is 10.4. The molecule has 0 bridgehead atoms. The average molecular weight is 384 g/mol. The molecule has 0 aromatic heterocycles. The number of nitrogens with zero attached hydrogens (tertiary/aromatic N) is 1. The first-order chi connectivity index (χ1) is 9.49. The predicted octanol–water partition coefficient (Wildman–Crippen LogP) is 3.16. The van der Waals surface area contributed by atoms with Crippen LogP contribution in [0, 0.1) is 13.7 Å². The minimum Gasteiger partial charge on any atom is -0.508 e. The van der Waals surface area contributed by atoms with Crippen LogP contribution >= 0.6 is 22.6 Å². The number of hydrogen-bond acceptors (Lipinski definition) is 4. The molecule has 2 aromatic rings. The quantitative estimate of drug-likeness (QED) is 0.483. The maximum Gasteiger partial charge on any atom is 0.282 e. The number of carbonyl (C=O) groups is 1. The molecule has 7 heteroatoms. The Balaban J connectivity index is 2.37. The van der Waals surface area contributed by atoms with Crippen LogP contribution in [0.3, 0.4) is 0 Å². The standard InChI is InChI=1S/C13H9IN2O4/c14-10-3-1-2-4-11(10)15-13(18)9-7-8(17)5-6-12(9)16(19)20/h1-7,17H,(H,15,18). The molecule has 0 atom stereocenters. The molecule has 0 saturated carbocycles. The smallest absolute Gasteiger partial charge is 0.282 e. The van der Waals surface area contributed by atoms with Gasteiger partial charge in [-0.25, -0.2) is 0 Å². The third kappa shape index (κ3) is 3.05. The summed E-state index contributed by atoms with van der Waals surface area (Å²) in [5.74, 6) is -0.847. The van der Waals surface area contributed by atoms with E-state index < -0.39 is 10.8 Å². The molecule has 2 aromatic carbocycles. The molecule has 20 heavy (non-hydrogen) atoms. The molecule has 0 spiro atoms. The second-order valence-corrected chi connectivity index (χ2v) is 5.05. The number of rotatable bonds is 3. The number of aromatic hydroxyl groups is 1. The van der Waals surface area contributed by atoms with Gasteiger partial charge in [0.25, 0.3) is 11.6 Å². The molecule has 0 aliphatic rings. The van der Waals surface area contributed by atoms with E-state index in [1.165, 1.54) is 6.07 Å². The number of nitrogens with one attached hydrogen (secondary N) is 1. The molecule has 0 unspecified atom stereocenters. The van der Waals surface area contributed by atoms with Crippen molar-refractivity contribution < 1.29 is 14.8 Å². The summed E-state index contributed by atoms with van der Waals surface area (Å²) in [5.41, 5.74) is 0.0108. The van der Waals surface area contributed by atoms with Crippen LogP contribution in [0.25, 0.3) is 0 Å². The van der Waals surface area contributed by atoms with Crippen molar-refractivity contribution in [2.75, 3.05) is 5.32 Å². The number of phenols is 1. The van der Waals surface area contributed by atoms with E-state index in [9.17, 15) is 20.0 Å². The molecule has 0 aliphatic carbocycles. The largest absolute Gasteiger partial charge is 0.508 e. The second kappa shape index (κ2) is 5.87. The summed E-state index contributed by atoms with van der Waals surface area (Å²) in [5, 5.41) is 22.9. The van der Waals surface area contributed by atoms with Gasteiger partial charge in [-0.15, -0.1) is 0 Å². The SMILES string of the molecule is O=C(Nc1ccccc1I)c1cc(O)ccc1[N+](=O)[O-]. The van der Waals surface area contributed by atoms with Gasteiger partial charge in [0, 0.05) is 9.64 Å². The van der Waals surface area contributed by atoms with Crippen LogP contribution in [0.4, 0.5) is 11.4 Å². The van der Waals surface area contributed by atoms with E-state index in [0.29, 0.717) is 5.69 Å². The number of nitro benzene ring substituents is 1. The fourth-order valence-electron chi connectivity index (χ4n) is 1.62. The van der Waals surface area contributed by atoms with Crippen LogP contribution < -0.4 is 5.32 Å². The lowest BCUT2D eigenvalue weighted by atomic mass is 10.1.